The fourth-order valence-corrected chi connectivity index (χ4v) is 6.08. The highest BCUT2D eigenvalue weighted by Gasteiger charge is 2.67. The summed E-state index contributed by atoms with van der Waals surface area (Å²) in [6, 6.07) is 16.4. The third kappa shape index (κ3) is 4.21. The average molecular weight is 551 g/mol. The van der Waals surface area contributed by atoms with Crippen molar-refractivity contribution in [3.05, 3.63) is 89.5 Å². The molecule has 9 nitrogen and oxygen atoms in total. The maximum Gasteiger partial charge on any atom is 0.229 e. The van der Waals surface area contributed by atoms with Crippen molar-refractivity contribution in [3.8, 4) is 11.8 Å². The molecule has 3 aliphatic rings. The number of nitrogens with zero attached hydrogens (tertiary/aromatic N) is 4. The van der Waals surface area contributed by atoms with Crippen molar-refractivity contribution in [3.63, 3.8) is 0 Å². The second kappa shape index (κ2) is 9.42. The molecule has 3 unspecified atom stereocenters. The van der Waals surface area contributed by atoms with Gasteiger partial charge in [0.15, 0.2) is 17.0 Å². The summed E-state index contributed by atoms with van der Waals surface area (Å²) in [5, 5.41) is 28.2. The van der Waals surface area contributed by atoms with E-state index in [2.05, 4.69) is 49.6 Å². The number of allylic oxidation sites excluding steroid dienone is 1. The fourth-order valence-electron chi connectivity index (χ4n) is 6.08. The Morgan fingerprint density at radius 3 is 2.76 bits per heavy atom. The van der Waals surface area contributed by atoms with Crippen LogP contribution in [0, 0.1) is 29.0 Å². The molecule has 1 amide bonds. The first-order chi connectivity index (χ1) is 19.9. The van der Waals surface area contributed by atoms with Gasteiger partial charge >= 0.3 is 0 Å². The van der Waals surface area contributed by atoms with Crippen LogP contribution in [0.4, 0.5) is 10.2 Å². The predicted molar refractivity (Wildman–Crippen MR) is 150 cm³/mol. The number of imidazole rings is 1. The van der Waals surface area contributed by atoms with Crippen molar-refractivity contribution >= 4 is 28.6 Å². The van der Waals surface area contributed by atoms with Gasteiger partial charge in [-0.15, -0.1) is 0 Å². The van der Waals surface area contributed by atoms with E-state index in [0.717, 1.165) is 6.42 Å². The highest BCUT2D eigenvalue weighted by atomic mass is 19.1. The normalized spacial score (nSPS) is 26.1. The number of hydrogen-bond donors (Lipinski definition) is 4. The number of aliphatic hydroxyl groups is 2. The number of nitrogens with one attached hydrogen (secondary N) is 2. The van der Waals surface area contributed by atoms with Gasteiger partial charge in [-0.1, -0.05) is 42.3 Å². The van der Waals surface area contributed by atoms with Crippen LogP contribution in [0.5, 0.6) is 0 Å². The Hall–Kier alpha value is -4.75. The number of benzene rings is 2. The Labute approximate surface area is 235 Å². The highest BCUT2D eigenvalue weighted by molar-refractivity contribution is 5.90. The standard InChI is InChI=1S/C31H27FN6O3/c1-33-30(41)31-15-19(31)13-23(26(39)27(31)40)38-16-34-25-28(35-22-14-21(22)18-7-3-2-4-8-18)36-24(37-29(25)38)11-10-17-6-5-9-20(32)12-17/h2-9,12,16,19,21-22,27,39-40H,13-15H2,1H3,(H,33,41)(H,35,36,37)/t19?,21?,22-,27+,31?/m1/s1. The van der Waals surface area contributed by atoms with Crippen molar-refractivity contribution in [2.24, 2.45) is 11.3 Å². The number of rotatable bonds is 5. The zero-order chi connectivity index (χ0) is 28.3. The van der Waals surface area contributed by atoms with Gasteiger partial charge in [0.2, 0.25) is 11.7 Å². The van der Waals surface area contributed by atoms with E-state index in [-0.39, 0.29) is 35.3 Å². The molecule has 4 aromatic rings. The molecule has 5 atom stereocenters. The number of fused-ring (bicyclic) bond motifs is 2. The van der Waals surface area contributed by atoms with Crippen LogP contribution >= 0.6 is 0 Å². The van der Waals surface area contributed by atoms with Crippen LogP contribution < -0.4 is 10.6 Å². The lowest BCUT2D eigenvalue weighted by atomic mass is 9.86. The molecule has 206 valence electrons. The summed E-state index contributed by atoms with van der Waals surface area (Å²) < 4.78 is 15.4. The van der Waals surface area contributed by atoms with Crippen LogP contribution in [-0.4, -0.2) is 54.8 Å². The Balaban J connectivity index is 1.29. The molecule has 2 aromatic carbocycles. The molecule has 2 heterocycles. The molecule has 10 heteroatoms. The first kappa shape index (κ1) is 25.2. The van der Waals surface area contributed by atoms with Crippen LogP contribution in [0.2, 0.25) is 0 Å². The Morgan fingerprint density at radius 1 is 1.15 bits per heavy atom. The maximum atomic E-state index is 13.7. The van der Waals surface area contributed by atoms with E-state index in [1.54, 1.807) is 23.0 Å². The second-order valence-electron chi connectivity index (χ2n) is 10.9. The van der Waals surface area contributed by atoms with Gasteiger partial charge in [-0.05, 0) is 54.9 Å². The highest BCUT2D eigenvalue weighted by Crippen LogP contribution is 2.63. The van der Waals surface area contributed by atoms with E-state index >= 15 is 0 Å². The van der Waals surface area contributed by atoms with Crippen LogP contribution in [0.25, 0.3) is 16.9 Å². The summed E-state index contributed by atoms with van der Waals surface area (Å²) in [5.41, 5.74) is 2.05. The van der Waals surface area contributed by atoms with E-state index in [1.165, 1.54) is 24.7 Å². The fraction of sp³-hybridized carbons (Fsp3) is 0.290. The molecule has 0 spiro atoms. The third-order valence-corrected chi connectivity index (χ3v) is 8.46. The van der Waals surface area contributed by atoms with E-state index in [0.29, 0.717) is 47.0 Å². The summed E-state index contributed by atoms with van der Waals surface area (Å²) in [7, 11) is 1.53. The number of hydrogen-bond acceptors (Lipinski definition) is 7. The molecule has 0 bridgehead atoms. The zero-order valence-electron chi connectivity index (χ0n) is 22.2. The molecule has 0 radical (unpaired) electrons. The summed E-state index contributed by atoms with van der Waals surface area (Å²) in [5.74, 6) is 5.84. The Kier molecular flexibility index (Phi) is 5.80. The number of amides is 1. The van der Waals surface area contributed by atoms with Crippen LogP contribution in [0.15, 0.2) is 66.7 Å². The van der Waals surface area contributed by atoms with E-state index in [4.69, 9.17) is 0 Å². The van der Waals surface area contributed by atoms with Gasteiger partial charge in [-0.2, -0.15) is 0 Å². The number of carbonyl (C=O) groups is 1. The number of carbonyl (C=O) groups excluding carboxylic acids is 1. The molecule has 3 aliphatic carbocycles. The minimum absolute atomic E-state index is 0.120. The molecule has 2 saturated carbocycles. The number of aliphatic hydroxyl groups excluding tert-OH is 2. The quantitative estimate of drug-likeness (QED) is 0.280. The molecule has 41 heavy (non-hydrogen) atoms. The number of anilines is 1. The van der Waals surface area contributed by atoms with Gasteiger partial charge < -0.3 is 20.8 Å². The summed E-state index contributed by atoms with van der Waals surface area (Å²) in [6.07, 6.45) is 1.99. The number of aromatic nitrogens is 4. The smallest absolute Gasteiger partial charge is 0.229 e. The minimum atomic E-state index is -1.33. The molecule has 7 rings (SSSR count). The lowest BCUT2D eigenvalue weighted by Gasteiger charge is -2.28. The first-order valence-corrected chi connectivity index (χ1v) is 13.6. The summed E-state index contributed by atoms with van der Waals surface area (Å²) in [4.78, 5) is 26.4. The number of halogens is 1. The monoisotopic (exact) mass is 550 g/mol. The van der Waals surface area contributed by atoms with Crippen LogP contribution in [0.3, 0.4) is 0 Å². The van der Waals surface area contributed by atoms with Gasteiger partial charge in [0.1, 0.15) is 24.0 Å². The molecular weight excluding hydrogens is 523 g/mol. The lowest BCUT2D eigenvalue weighted by Crippen LogP contribution is -2.42. The molecule has 0 aliphatic heterocycles. The molecular formula is C31H27FN6O3. The van der Waals surface area contributed by atoms with Crippen molar-refractivity contribution in [1.29, 1.82) is 0 Å². The maximum absolute atomic E-state index is 13.7. The minimum Gasteiger partial charge on any atom is -0.508 e. The van der Waals surface area contributed by atoms with Crippen molar-refractivity contribution in [2.75, 3.05) is 12.4 Å². The molecule has 2 fully saturated rings. The van der Waals surface area contributed by atoms with Crippen molar-refractivity contribution in [1.82, 2.24) is 24.8 Å². The average Bonchev–Trinajstić information content (AvgIpc) is 3.88. The third-order valence-electron chi connectivity index (χ3n) is 8.46. The molecule has 4 N–H and O–H groups in total. The van der Waals surface area contributed by atoms with E-state index in [1.807, 2.05) is 18.2 Å². The zero-order valence-corrected chi connectivity index (χ0v) is 22.2. The summed E-state index contributed by atoms with van der Waals surface area (Å²) in [6.45, 7) is 0. The van der Waals surface area contributed by atoms with Gasteiger partial charge in [-0.3, -0.25) is 9.36 Å². The van der Waals surface area contributed by atoms with E-state index < -0.39 is 11.5 Å². The first-order valence-electron chi connectivity index (χ1n) is 13.6. The molecule has 0 saturated heterocycles. The summed E-state index contributed by atoms with van der Waals surface area (Å²) >= 11 is 0. The van der Waals surface area contributed by atoms with Gasteiger partial charge in [0.25, 0.3) is 0 Å². The van der Waals surface area contributed by atoms with Crippen LogP contribution in [0.1, 0.15) is 42.1 Å². The topological polar surface area (TPSA) is 125 Å². The van der Waals surface area contributed by atoms with Gasteiger partial charge in [0.05, 0.1) is 11.1 Å². The van der Waals surface area contributed by atoms with Gasteiger partial charge in [-0.25, -0.2) is 19.3 Å². The van der Waals surface area contributed by atoms with Crippen molar-refractivity contribution < 1.29 is 19.4 Å². The molecule has 2 aromatic heterocycles. The second-order valence-corrected chi connectivity index (χ2v) is 10.9. The van der Waals surface area contributed by atoms with Crippen molar-refractivity contribution in [2.45, 2.75) is 37.3 Å². The Morgan fingerprint density at radius 2 is 1.98 bits per heavy atom. The van der Waals surface area contributed by atoms with Gasteiger partial charge in [0, 0.05) is 24.6 Å². The largest absolute Gasteiger partial charge is 0.508 e. The SMILES string of the molecule is CNC(=O)C12CC1CC(n1cnc3c(N[C@@H]4CC4c4ccccc4)nc(C#Cc4cccc(F)c4)nc31)=C(O)[C@@H]2O. The lowest BCUT2D eigenvalue weighted by molar-refractivity contribution is -0.131. The van der Waals surface area contributed by atoms with E-state index in [9.17, 15) is 19.4 Å². The predicted octanol–water partition coefficient (Wildman–Crippen LogP) is 3.58. The Bertz CT molecular complexity index is 1790. The van der Waals surface area contributed by atoms with Crippen LogP contribution in [-0.2, 0) is 4.79 Å².